The molecule has 6 heteroatoms. The van der Waals surface area contributed by atoms with E-state index in [2.05, 4.69) is 4.74 Å². The molecule has 0 aliphatic rings. The Morgan fingerprint density at radius 3 is 2.44 bits per heavy atom. The quantitative estimate of drug-likeness (QED) is 0.713. The van der Waals surface area contributed by atoms with Crippen molar-refractivity contribution in [3.8, 4) is 0 Å². The molecule has 0 spiro atoms. The number of ether oxygens (including phenoxy) is 1. The summed E-state index contributed by atoms with van der Waals surface area (Å²) in [5.41, 5.74) is 0.951. The Morgan fingerprint density at radius 1 is 1.28 bits per heavy atom. The first-order valence-corrected chi connectivity index (χ1v) is 7.11. The van der Waals surface area contributed by atoms with Gasteiger partial charge in [-0.25, -0.2) is 8.42 Å². The molecule has 5 nitrogen and oxygen atoms in total. The molecular weight excluding hydrogens is 254 g/mol. The maximum Gasteiger partial charge on any atom is 0.320 e. The van der Waals surface area contributed by atoms with Crippen LogP contribution in [-0.2, 0) is 26.0 Å². The number of esters is 1. The second-order valence-electron chi connectivity index (χ2n) is 3.88. The first-order chi connectivity index (χ1) is 8.45. The topological polar surface area (TPSA) is 63.7 Å². The molecule has 0 saturated heterocycles. The number of carbonyl (C=O) groups excluding carboxylic acids is 1. The molecule has 0 fully saturated rings. The van der Waals surface area contributed by atoms with Gasteiger partial charge in [-0.05, 0) is 12.0 Å². The standard InChI is InChI=1S/C12H17NO4S/c1-13(10-12(14)17-2)18(15,16)9-8-11-6-4-3-5-7-11/h3-7H,8-10H2,1-2H3. The van der Waals surface area contributed by atoms with Crippen LogP contribution in [0.15, 0.2) is 30.3 Å². The summed E-state index contributed by atoms with van der Waals surface area (Å²) < 4.78 is 29.2. The fraction of sp³-hybridized carbons (Fsp3) is 0.417. The summed E-state index contributed by atoms with van der Waals surface area (Å²) >= 11 is 0. The summed E-state index contributed by atoms with van der Waals surface area (Å²) in [5, 5.41) is 0. The van der Waals surface area contributed by atoms with Crippen LogP contribution in [0.2, 0.25) is 0 Å². The number of carbonyl (C=O) groups is 1. The Hall–Kier alpha value is -1.40. The Kier molecular flexibility index (Phi) is 5.30. The number of nitrogens with zero attached hydrogens (tertiary/aromatic N) is 1. The van der Waals surface area contributed by atoms with Crippen molar-refractivity contribution in [3.63, 3.8) is 0 Å². The number of likely N-dealkylation sites (N-methyl/N-ethyl adjacent to an activating group) is 1. The third-order valence-corrected chi connectivity index (χ3v) is 4.34. The molecule has 18 heavy (non-hydrogen) atoms. The van der Waals surface area contributed by atoms with E-state index in [0.717, 1.165) is 9.87 Å². The molecule has 0 aliphatic carbocycles. The zero-order valence-corrected chi connectivity index (χ0v) is 11.3. The lowest BCUT2D eigenvalue weighted by molar-refractivity contribution is -0.140. The molecule has 0 aliphatic heterocycles. The van der Waals surface area contributed by atoms with Gasteiger partial charge in [0, 0.05) is 7.05 Å². The zero-order valence-electron chi connectivity index (χ0n) is 10.5. The minimum Gasteiger partial charge on any atom is -0.468 e. The van der Waals surface area contributed by atoms with Crippen molar-refractivity contribution in [3.05, 3.63) is 35.9 Å². The van der Waals surface area contributed by atoms with Gasteiger partial charge in [-0.2, -0.15) is 4.31 Å². The fourth-order valence-electron chi connectivity index (χ4n) is 1.39. The fourth-order valence-corrected chi connectivity index (χ4v) is 2.50. The third-order valence-electron chi connectivity index (χ3n) is 2.55. The van der Waals surface area contributed by atoms with Gasteiger partial charge in [-0.15, -0.1) is 0 Å². The lowest BCUT2D eigenvalue weighted by Crippen LogP contribution is -2.34. The molecule has 0 N–H and O–H groups in total. The van der Waals surface area contributed by atoms with Crippen LogP contribution in [0.4, 0.5) is 0 Å². The van der Waals surface area contributed by atoms with E-state index in [9.17, 15) is 13.2 Å². The van der Waals surface area contributed by atoms with Gasteiger partial charge in [0.2, 0.25) is 10.0 Å². The predicted molar refractivity (Wildman–Crippen MR) is 68.6 cm³/mol. The second kappa shape index (κ2) is 6.51. The molecule has 0 saturated carbocycles. The Bertz CT molecular complexity index is 484. The van der Waals surface area contributed by atoms with Crippen LogP contribution in [0.25, 0.3) is 0 Å². The SMILES string of the molecule is COC(=O)CN(C)S(=O)(=O)CCc1ccccc1. The molecule has 0 unspecified atom stereocenters. The summed E-state index contributed by atoms with van der Waals surface area (Å²) in [4.78, 5) is 11.0. The van der Waals surface area contributed by atoms with Crippen molar-refractivity contribution in [1.29, 1.82) is 0 Å². The molecule has 0 heterocycles. The van der Waals surface area contributed by atoms with Crippen LogP contribution in [-0.4, -0.2) is 45.1 Å². The van der Waals surface area contributed by atoms with Gasteiger partial charge >= 0.3 is 5.97 Å². The highest BCUT2D eigenvalue weighted by atomic mass is 32.2. The molecule has 0 bridgehead atoms. The number of sulfonamides is 1. The van der Waals surface area contributed by atoms with E-state index in [1.165, 1.54) is 14.2 Å². The highest BCUT2D eigenvalue weighted by molar-refractivity contribution is 7.89. The van der Waals surface area contributed by atoms with Crippen molar-refractivity contribution in [2.45, 2.75) is 6.42 Å². The Labute approximate surface area is 107 Å². The molecule has 100 valence electrons. The summed E-state index contributed by atoms with van der Waals surface area (Å²) in [6.07, 6.45) is 0.425. The van der Waals surface area contributed by atoms with Gasteiger partial charge in [-0.1, -0.05) is 30.3 Å². The van der Waals surface area contributed by atoms with Gasteiger partial charge in [0.25, 0.3) is 0 Å². The average molecular weight is 271 g/mol. The van der Waals surface area contributed by atoms with Crippen molar-refractivity contribution in [1.82, 2.24) is 4.31 Å². The van der Waals surface area contributed by atoms with E-state index in [1.807, 2.05) is 30.3 Å². The highest BCUT2D eigenvalue weighted by Gasteiger charge is 2.20. The summed E-state index contributed by atoms with van der Waals surface area (Å²) in [7, 11) is -0.830. The first kappa shape index (κ1) is 14.7. The summed E-state index contributed by atoms with van der Waals surface area (Å²) in [6, 6.07) is 9.34. The van der Waals surface area contributed by atoms with Gasteiger partial charge in [0.05, 0.1) is 12.9 Å². The largest absolute Gasteiger partial charge is 0.468 e. The molecule has 0 amide bonds. The Balaban J connectivity index is 2.57. The smallest absolute Gasteiger partial charge is 0.320 e. The van der Waals surface area contributed by atoms with E-state index in [4.69, 9.17) is 0 Å². The molecule has 1 aromatic carbocycles. The number of hydrogen-bond donors (Lipinski definition) is 0. The number of benzene rings is 1. The van der Waals surface area contributed by atoms with Gasteiger partial charge in [0.15, 0.2) is 0 Å². The number of hydrogen-bond acceptors (Lipinski definition) is 4. The van der Waals surface area contributed by atoms with Crippen molar-refractivity contribution < 1.29 is 17.9 Å². The number of aryl methyl sites for hydroxylation is 1. The maximum absolute atomic E-state index is 11.9. The second-order valence-corrected chi connectivity index (χ2v) is 6.08. The molecule has 0 radical (unpaired) electrons. The Morgan fingerprint density at radius 2 is 1.89 bits per heavy atom. The molecular formula is C12H17NO4S. The minimum absolute atomic E-state index is 0.0233. The van der Waals surface area contributed by atoms with E-state index >= 15 is 0 Å². The van der Waals surface area contributed by atoms with E-state index in [-0.39, 0.29) is 12.3 Å². The number of methoxy groups -OCH3 is 1. The van der Waals surface area contributed by atoms with Gasteiger partial charge in [0.1, 0.15) is 6.54 Å². The average Bonchev–Trinajstić information content (AvgIpc) is 2.37. The van der Waals surface area contributed by atoms with E-state index in [1.54, 1.807) is 0 Å². The van der Waals surface area contributed by atoms with Crippen molar-refractivity contribution in [2.24, 2.45) is 0 Å². The molecule has 0 aromatic heterocycles. The lowest BCUT2D eigenvalue weighted by atomic mass is 10.2. The minimum atomic E-state index is -3.43. The maximum atomic E-state index is 11.9. The van der Waals surface area contributed by atoms with Crippen LogP contribution in [0.3, 0.4) is 0 Å². The van der Waals surface area contributed by atoms with E-state index < -0.39 is 16.0 Å². The first-order valence-electron chi connectivity index (χ1n) is 5.50. The van der Waals surface area contributed by atoms with Gasteiger partial charge in [-0.3, -0.25) is 4.79 Å². The lowest BCUT2D eigenvalue weighted by Gasteiger charge is -2.15. The van der Waals surface area contributed by atoms with Crippen molar-refractivity contribution in [2.75, 3.05) is 26.5 Å². The molecule has 1 rings (SSSR count). The van der Waals surface area contributed by atoms with Crippen LogP contribution in [0, 0.1) is 0 Å². The zero-order chi connectivity index (χ0) is 13.6. The monoisotopic (exact) mass is 271 g/mol. The molecule has 0 atom stereocenters. The number of rotatable bonds is 6. The van der Waals surface area contributed by atoms with Gasteiger partial charge < -0.3 is 4.74 Å². The summed E-state index contributed by atoms with van der Waals surface area (Å²) in [6.45, 7) is -0.256. The normalized spacial score (nSPS) is 11.5. The van der Waals surface area contributed by atoms with Crippen LogP contribution in [0.5, 0.6) is 0 Å². The predicted octanol–water partition coefficient (Wildman–Crippen LogP) is 0.664. The van der Waals surface area contributed by atoms with Crippen LogP contribution >= 0.6 is 0 Å². The van der Waals surface area contributed by atoms with E-state index in [0.29, 0.717) is 6.42 Å². The molecule has 1 aromatic rings. The van der Waals surface area contributed by atoms with Crippen molar-refractivity contribution >= 4 is 16.0 Å². The highest BCUT2D eigenvalue weighted by Crippen LogP contribution is 2.05. The van der Waals surface area contributed by atoms with Crippen LogP contribution in [0.1, 0.15) is 5.56 Å². The van der Waals surface area contributed by atoms with Crippen LogP contribution < -0.4 is 0 Å². The summed E-state index contributed by atoms with van der Waals surface area (Å²) in [5.74, 6) is -0.592. The third kappa shape index (κ3) is 4.46.